The van der Waals surface area contributed by atoms with Crippen LogP contribution in [0.1, 0.15) is 35.2 Å². The molecule has 0 bridgehead atoms. The van der Waals surface area contributed by atoms with Gasteiger partial charge in [-0.25, -0.2) is 0 Å². The first-order valence-corrected chi connectivity index (χ1v) is 8.93. The predicted octanol–water partition coefficient (Wildman–Crippen LogP) is 3.81. The van der Waals surface area contributed by atoms with Crippen molar-refractivity contribution in [3.8, 4) is 11.3 Å². The second-order valence-corrected chi connectivity index (χ2v) is 6.17. The van der Waals surface area contributed by atoms with E-state index in [1.807, 2.05) is 42.5 Å². The number of ketones is 1. The average Bonchev–Trinajstić information content (AvgIpc) is 2.73. The summed E-state index contributed by atoms with van der Waals surface area (Å²) >= 11 is 0. The Hall–Kier alpha value is -3.34. The van der Waals surface area contributed by atoms with E-state index in [4.69, 9.17) is 0 Å². The molecule has 0 fully saturated rings. The zero-order valence-corrected chi connectivity index (χ0v) is 15.0. The Morgan fingerprint density at radius 2 is 1.63 bits per heavy atom. The lowest BCUT2D eigenvalue weighted by atomic mass is 10.1. The van der Waals surface area contributed by atoms with Gasteiger partial charge >= 0.3 is 0 Å². The molecule has 0 aliphatic rings. The minimum absolute atomic E-state index is 0.0654. The molecule has 0 aliphatic carbocycles. The quantitative estimate of drug-likeness (QED) is 0.621. The van der Waals surface area contributed by atoms with Gasteiger partial charge in [0.2, 0.25) is 5.91 Å². The molecule has 5 nitrogen and oxygen atoms in total. The number of nitrogens with one attached hydrogen (secondary N) is 1. The van der Waals surface area contributed by atoms with Crippen molar-refractivity contribution in [2.75, 3.05) is 0 Å². The highest BCUT2D eigenvalue weighted by Gasteiger charge is 2.09. The molecule has 1 amide bonds. The number of rotatable bonds is 8. The summed E-state index contributed by atoms with van der Waals surface area (Å²) in [5, 5.41) is 2.92. The lowest BCUT2D eigenvalue weighted by Crippen LogP contribution is -2.23. The van der Waals surface area contributed by atoms with Crippen LogP contribution in [0.25, 0.3) is 11.3 Å². The van der Waals surface area contributed by atoms with E-state index in [0.29, 0.717) is 31.4 Å². The number of Topliss-reactive ketones (excluding diaryl/α,β-unsaturated/α-hetero) is 1. The lowest BCUT2D eigenvalue weighted by Gasteiger charge is -2.10. The van der Waals surface area contributed by atoms with Crippen molar-refractivity contribution < 1.29 is 9.59 Å². The van der Waals surface area contributed by atoms with Crippen LogP contribution in [0.4, 0.5) is 0 Å². The fourth-order valence-electron chi connectivity index (χ4n) is 2.81. The molecule has 0 atom stereocenters. The molecule has 3 rings (SSSR count). The van der Waals surface area contributed by atoms with Crippen molar-refractivity contribution in [2.45, 2.75) is 25.8 Å². The first-order valence-electron chi connectivity index (χ1n) is 8.93. The van der Waals surface area contributed by atoms with E-state index >= 15 is 0 Å². The molecule has 5 heteroatoms. The van der Waals surface area contributed by atoms with Gasteiger partial charge in [-0.15, -0.1) is 0 Å². The summed E-state index contributed by atoms with van der Waals surface area (Å²) in [6, 6.07) is 16.7. The van der Waals surface area contributed by atoms with Crippen molar-refractivity contribution >= 4 is 11.7 Å². The molecule has 1 N–H and O–H groups in total. The second-order valence-electron chi connectivity index (χ2n) is 6.17. The third-order valence-corrected chi connectivity index (χ3v) is 4.22. The van der Waals surface area contributed by atoms with Crippen molar-refractivity contribution in [2.24, 2.45) is 0 Å². The number of hydrogen-bond donors (Lipinski definition) is 1. The van der Waals surface area contributed by atoms with Crippen molar-refractivity contribution in [3.63, 3.8) is 0 Å². The van der Waals surface area contributed by atoms with Gasteiger partial charge in [0.15, 0.2) is 5.78 Å². The summed E-state index contributed by atoms with van der Waals surface area (Å²) in [4.78, 5) is 32.6. The number of hydrogen-bond acceptors (Lipinski definition) is 4. The monoisotopic (exact) mass is 359 g/mol. The van der Waals surface area contributed by atoms with Gasteiger partial charge in [-0.1, -0.05) is 36.4 Å². The molecule has 0 saturated carbocycles. The minimum Gasteiger partial charge on any atom is -0.352 e. The molecular weight excluding hydrogens is 338 g/mol. The van der Waals surface area contributed by atoms with E-state index in [-0.39, 0.29) is 11.7 Å². The number of pyridine rings is 2. The van der Waals surface area contributed by atoms with Gasteiger partial charge in [0.1, 0.15) is 0 Å². The summed E-state index contributed by atoms with van der Waals surface area (Å²) in [5.74, 6) is -0.00368. The number of aromatic nitrogens is 2. The van der Waals surface area contributed by atoms with Crippen LogP contribution >= 0.6 is 0 Å². The third-order valence-electron chi connectivity index (χ3n) is 4.22. The minimum atomic E-state index is -0.0691. The highest BCUT2D eigenvalue weighted by Crippen LogP contribution is 2.20. The Labute approximate surface area is 158 Å². The van der Waals surface area contributed by atoms with Crippen LogP contribution in [-0.2, 0) is 11.3 Å². The number of nitrogens with zero attached hydrogens (tertiary/aromatic N) is 2. The van der Waals surface area contributed by atoms with Gasteiger partial charge in [-0.3, -0.25) is 19.6 Å². The van der Waals surface area contributed by atoms with Gasteiger partial charge in [0.25, 0.3) is 0 Å². The Balaban J connectivity index is 1.49. The molecule has 0 saturated heterocycles. The van der Waals surface area contributed by atoms with Crippen LogP contribution in [0.15, 0.2) is 73.2 Å². The zero-order valence-electron chi connectivity index (χ0n) is 15.0. The van der Waals surface area contributed by atoms with Gasteiger partial charge in [-0.05, 0) is 30.2 Å². The highest BCUT2D eigenvalue weighted by atomic mass is 16.1. The number of benzene rings is 1. The largest absolute Gasteiger partial charge is 0.352 e. The van der Waals surface area contributed by atoms with Crippen LogP contribution in [0, 0.1) is 0 Å². The average molecular weight is 359 g/mol. The van der Waals surface area contributed by atoms with Crippen LogP contribution in [-0.4, -0.2) is 21.7 Å². The normalized spacial score (nSPS) is 10.4. The molecule has 3 aromatic rings. The first kappa shape index (κ1) is 18.5. The van der Waals surface area contributed by atoms with Gasteiger partial charge in [-0.2, -0.15) is 0 Å². The number of amides is 1. The van der Waals surface area contributed by atoms with E-state index in [1.165, 1.54) is 0 Å². The second kappa shape index (κ2) is 9.38. The van der Waals surface area contributed by atoms with Crippen LogP contribution in [0.3, 0.4) is 0 Å². The van der Waals surface area contributed by atoms with E-state index in [9.17, 15) is 9.59 Å². The van der Waals surface area contributed by atoms with E-state index in [2.05, 4.69) is 15.3 Å². The molecule has 0 unspecified atom stereocenters. The maximum absolute atomic E-state index is 12.1. The van der Waals surface area contributed by atoms with E-state index in [1.54, 1.807) is 30.7 Å². The lowest BCUT2D eigenvalue weighted by molar-refractivity contribution is -0.121. The first-order chi connectivity index (χ1) is 13.2. The van der Waals surface area contributed by atoms with Gasteiger partial charge in [0, 0.05) is 49.1 Å². The predicted molar refractivity (Wildman–Crippen MR) is 104 cm³/mol. The van der Waals surface area contributed by atoms with Crippen molar-refractivity contribution in [1.82, 2.24) is 15.3 Å². The van der Waals surface area contributed by atoms with Crippen LogP contribution in [0.5, 0.6) is 0 Å². The van der Waals surface area contributed by atoms with Gasteiger partial charge in [0.05, 0.1) is 5.69 Å². The fourth-order valence-corrected chi connectivity index (χ4v) is 2.81. The third kappa shape index (κ3) is 5.31. The molecule has 0 spiro atoms. The molecule has 1 aromatic carbocycles. The molecule has 0 radical (unpaired) electrons. The van der Waals surface area contributed by atoms with E-state index < -0.39 is 0 Å². The number of carbonyl (C=O) groups is 2. The van der Waals surface area contributed by atoms with E-state index in [0.717, 1.165) is 16.8 Å². The molecule has 27 heavy (non-hydrogen) atoms. The highest BCUT2D eigenvalue weighted by molar-refractivity contribution is 5.96. The van der Waals surface area contributed by atoms with Gasteiger partial charge < -0.3 is 5.32 Å². The van der Waals surface area contributed by atoms with Crippen molar-refractivity contribution in [3.05, 3.63) is 84.3 Å². The molecule has 0 aliphatic heterocycles. The summed E-state index contributed by atoms with van der Waals surface area (Å²) in [6.07, 6.45) is 6.39. The molecular formula is C22H21N3O2. The Morgan fingerprint density at radius 3 is 2.41 bits per heavy atom. The fraction of sp³-hybridized carbons (Fsp3) is 0.182. The summed E-state index contributed by atoms with van der Waals surface area (Å²) in [5.41, 5.74) is 3.43. The standard InChI is InChI=1S/C22H21N3O2/c26-20(17-6-2-1-3-7-17)9-4-10-21(27)25-16-19-8-5-13-24-22(19)18-11-14-23-15-12-18/h1-3,5-8,11-15H,4,9-10,16H2,(H,25,27). The van der Waals surface area contributed by atoms with Crippen molar-refractivity contribution in [1.29, 1.82) is 0 Å². The summed E-state index contributed by atoms with van der Waals surface area (Å²) in [7, 11) is 0. The zero-order chi connectivity index (χ0) is 18.9. The smallest absolute Gasteiger partial charge is 0.220 e. The summed E-state index contributed by atoms with van der Waals surface area (Å²) < 4.78 is 0. The van der Waals surface area contributed by atoms with Crippen LogP contribution < -0.4 is 5.32 Å². The Kier molecular flexibility index (Phi) is 6.41. The van der Waals surface area contributed by atoms with Crippen LogP contribution in [0.2, 0.25) is 0 Å². The Bertz CT molecular complexity index is 896. The topological polar surface area (TPSA) is 72.0 Å². The SMILES string of the molecule is O=C(CCCC(=O)c1ccccc1)NCc1cccnc1-c1ccncc1. The molecule has 2 heterocycles. The molecule has 136 valence electrons. The number of carbonyl (C=O) groups excluding carboxylic acids is 2. The molecule has 2 aromatic heterocycles. The maximum Gasteiger partial charge on any atom is 0.220 e. The summed E-state index contributed by atoms with van der Waals surface area (Å²) in [6.45, 7) is 0.400. The maximum atomic E-state index is 12.1. The Morgan fingerprint density at radius 1 is 0.852 bits per heavy atom.